The van der Waals surface area contributed by atoms with E-state index in [9.17, 15) is 0 Å². The molecule has 0 bridgehead atoms. The van der Waals surface area contributed by atoms with E-state index in [2.05, 4.69) is 26.3 Å². The van der Waals surface area contributed by atoms with Crippen molar-refractivity contribution in [2.45, 2.75) is 24.6 Å². The Hall–Kier alpha value is -1.56. The molecule has 1 aliphatic rings. The fourth-order valence-corrected chi connectivity index (χ4v) is 3.29. The minimum atomic E-state index is -0.700. The maximum absolute atomic E-state index is 6.27. The van der Waals surface area contributed by atoms with E-state index in [1.807, 2.05) is 0 Å². The molecule has 0 amide bonds. The van der Waals surface area contributed by atoms with E-state index in [1.165, 1.54) is 6.26 Å². The van der Waals surface area contributed by atoms with Gasteiger partial charge >= 0.3 is 0 Å². The summed E-state index contributed by atoms with van der Waals surface area (Å²) in [4.78, 5) is 0. The van der Waals surface area contributed by atoms with Gasteiger partial charge < -0.3 is 43.6 Å². The van der Waals surface area contributed by atoms with Gasteiger partial charge in [-0.25, -0.2) is 0 Å². The van der Waals surface area contributed by atoms with Crippen LogP contribution in [0.1, 0.15) is 0 Å². The van der Waals surface area contributed by atoms with Gasteiger partial charge in [0.1, 0.15) is 6.10 Å². The SMILES string of the molecule is C=CCOC[C@H]1O[C@@H](OCCOCCOCCN)[C@H](OCC=C)[C@@H](OCC=C)[C@@H]1COC=C. The van der Waals surface area contributed by atoms with Crippen molar-refractivity contribution in [2.24, 2.45) is 11.7 Å². The molecule has 1 fully saturated rings. The van der Waals surface area contributed by atoms with E-state index in [1.54, 1.807) is 18.2 Å². The van der Waals surface area contributed by atoms with Crippen molar-refractivity contribution in [3.63, 3.8) is 0 Å². The molecule has 1 rings (SSSR count). The van der Waals surface area contributed by atoms with Gasteiger partial charge in [0.05, 0.1) is 90.5 Å². The Kier molecular flexibility index (Phi) is 17.7. The Morgan fingerprint density at radius 2 is 1.33 bits per heavy atom. The average Bonchev–Trinajstić information content (AvgIpc) is 2.82. The molecule has 9 heteroatoms. The second kappa shape index (κ2) is 19.9. The standard InChI is InChI=1S/C24H41NO8/c1-5-10-29-19-21-20(18-26-8-4)22(30-11-6-2)23(31-12-7-3)24(33-21)32-17-16-28-15-14-27-13-9-25/h5-8,20-24H,1-4,9-19,25H2/t20-,21-,22+,23-,24-/m1/s1. The summed E-state index contributed by atoms with van der Waals surface area (Å²) < 4.78 is 46.4. The van der Waals surface area contributed by atoms with Crippen molar-refractivity contribution in [3.8, 4) is 0 Å². The zero-order chi connectivity index (χ0) is 24.2. The maximum atomic E-state index is 6.27. The van der Waals surface area contributed by atoms with E-state index in [-0.39, 0.29) is 12.0 Å². The third-order valence-electron chi connectivity index (χ3n) is 4.68. The molecule has 0 aromatic rings. The van der Waals surface area contributed by atoms with Crippen LogP contribution in [0.5, 0.6) is 0 Å². The first-order chi connectivity index (χ1) is 16.2. The number of hydrogen-bond donors (Lipinski definition) is 1. The normalized spacial score (nSPS) is 24.8. The van der Waals surface area contributed by atoms with Gasteiger partial charge in [-0.3, -0.25) is 0 Å². The lowest BCUT2D eigenvalue weighted by atomic mass is 9.89. The number of ether oxygens (including phenoxy) is 8. The van der Waals surface area contributed by atoms with Gasteiger partial charge in [-0.2, -0.15) is 0 Å². The molecule has 0 unspecified atom stereocenters. The molecule has 0 radical (unpaired) electrons. The van der Waals surface area contributed by atoms with Crippen LogP contribution in [0, 0.1) is 5.92 Å². The topological polar surface area (TPSA) is 99.9 Å². The van der Waals surface area contributed by atoms with E-state index in [0.717, 1.165) is 0 Å². The lowest BCUT2D eigenvalue weighted by Gasteiger charge is -2.45. The van der Waals surface area contributed by atoms with Gasteiger partial charge in [0.15, 0.2) is 6.29 Å². The highest BCUT2D eigenvalue weighted by Gasteiger charge is 2.48. The van der Waals surface area contributed by atoms with Crippen LogP contribution in [0.3, 0.4) is 0 Å². The van der Waals surface area contributed by atoms with Crippen LogP contribution in [-0.2, 0) is 37.9 Å². The van der Waals surface area contributed by atoms with Crippen molar-refractivity contribution < 1.29 is 37.9 Å². The summed E-state index contributed by atoms with van der Waals surface area (Å²) in [6.07, 6.45) is 4.44. The highest BCUT2D eigenvalue weighted by Crippen LogP contribution is 2.32. The Morgan fingerprint density at radius 3 is 1.97 bits per heavy atom. The van der Waals surface area contributed by atoms with Crippen LogP contribution in [0.2, 0.25) is 0 Å². The second-order valence-electron chi connectivity index (χ2n) is 7.09. The quantitative estimate of drug-likeness (QED) is 0.144. The molecule has 0 spiro atoms. The predicted octanol–water partition coefficient (Wildman–Crippen LogP) is 1.84. The fraction of sp³-hybridized carbons (Fsp3) is 0.667. The molecule has 0 aromatic heterocycles. The summed E-state index contributed by atoms with van der Waals surface area (Å²) >= 11 is 0. The summed E-state index contributed by atoms with van der Waals surface area (Å²) in [7, 11) is 0. The molecule has 1 saturated heterocycles. The largest absolute Gasteiger partial charge is 0.501 e. The van der Waals surface area contributed by atoms with E-state index < -0.39 is 18.5 Å². The number of rotatable bonds is 22. The van der Waals surface area contributed by atoms with Crippen molar-refractivity contribution in [1.82, 2.24) is 0 Å². The summed E-state index contributed by atoms with van der Waals surface area (Å²) in [6.45, 7) is 19.1. The Labute approximate surface area is 198 Å². The first kappa shape index (κ1) is 29.5. The molecule has 9 nitrogen and oxygen atoms in total. The van der Waals surface area contributed by atoms with E-state index in [0.29, 0.717) is 72.6 Å². The predicted molar refractivity (Wildman–Crippen MR) is 126 cm³/mol. The van der Waals surface area contributed by atoms with Crippen LogP contribution >= 0.6 is 0 Å². The van der Waals surface area contributed by atoms with Gasteiger partial charge in [-0.1, -0.05) is 24.8 Å². The fourth-order valence-electron chi connectivity index (χ4n) is 3.29. The van der Waals surface area contributed by atoms with E-state index >= 15 is 0 Å². The highest BCUT2D eigenvalue weighted by atomic mass is 16.7. The molecule has 2 N–H and O–H groups in total. The van der Waals surface area contributed by atoms with Crippen LogP contribution < -0.4 is 5.73 Å². The maximum Gasteiger partial charge on any atom is 0.186 e. The van der Waals surface area contributed by atoms with Crippen LogP contribution in [0.15, 0.2) is 50.8 Å². The zero-order valence-corrected chi connectivity index (χ0v) is 19.6. The molecule has 0 aliphatic carbocycles. The molecule has 0 aromatic carbocycles. The summed E-state index contributed by atoms with van der Waals surface area (Å²) in [6, 6.07) is 0. The van der Waals surface area contributed by atoms with Crippen molar-refractivity contribution in [2.75, 3.05) is 72.6 Å². The van der Waals surface area contributed by atoms with Gasteiger partial charge in [0.25, 0.3) is 0 Å². The lowest BCUT2D eigenvalue weighted by molar-refractivity contribution is -0.309. The first-order valence-electron chi connectivity index (χ1n) is 11.2. The van der Waals surface area contributed by atoms with E-state index in [4.69, 9.17) is 43.6 Å². The lowest BCUT2D eigenvalue weighted by Crippen LogP contribution is -2.59. The van der Waals surface area contributed by atoms with Gasteiger partial charge in [-0.05, 0) is 0 Å². The zero-order valence-electron chi connectivity index (χ0n) is 19.6. The monoisotopic (exact) mass is 471 g/mol. The molecule has 33 heavy (non-hydrogen) atoms. The molecule has 190 valence electrons. The van der Waals surface area contributed by atoms with Crippen molar-refractivity contribution in [3.05, 3.63) is 50.8 Å². The Morgan fingerprint density at radius 1 is 0.697 bits per heavy atom. The minimum absolute atomic E-state index is 0.196. The summed E-state index contributed by atoms with van der Waals surface area (Å²) in [5.74, 6) is -0.196. The second-order valence-corrected chi connectivity index (χ2v) is 7.09. The third kappa shape index (κ3) is 11.9. The van der Waals surface area contributed by atoms with Crippen molar-refractivity contribution in [1.29, 1.82) is 0 Å². The Bertz CT molecular complexity index is 533. The first-order valence-corrected chi connectivity index (χ1v) is 11.2. The Balaban J connectivity index is 2.85. The molecular formula is C24H41NO8. The highest BCUT2D eigenvalue weighted by molar-refractivity contribution is 4.93. The van der Waals surface area contributed by atoms with Gasteiger partial charge in [-0.15, -0.1) is 19.7 Å². The smallest absolute Gasteiger partial charge is 0.186 e. The van der Waals surface area contributed by atoms with Gasteiger partial charge in [0.2, 0.25) is 0 Å². The summed E-state index contributed by atoms with van der Waals surface area (Å²) in [5, 5.41) is 0. The number of hydrogen-bond acceptors (Lipinski definition) is 9. The van der Waals surface area contributed by atoms with Crippen molar-refractivity contribution >= 4 is 0 Å². The third-order valence-corrected chi connectivity index (χ3v) is 4.68. The molecule has 1 aliphatic heterocycles. The van der Waals surface area contributed by atoms with Gasteiger partial charge in [0, 0.05) is 6.54 Å². The molecule has 0 saturated carbocycles. The molecule has 5 atom stereocenters. The van der Waals surface area contributed by atoms with Crippen LogP contribution in [0.4, 0.5) is 0 Å². The van der Waals surface area contributed by atoms with Crippen LogP contribution in [0.25, 0.3) is 0 Å². The molecule has 1 heterocycles. The van der Waals surface area contributed by atoms with Crippen LogP contribution in [-0.4, -0.2) is 97.2 Å². The number of nitrogens with two attached hydrogens (primary N) is 1. The average molecular weight is 472 g/mol. The minimum Gasteiger partial charge on any atom is -0.501 e. The molecular weight excluding hydrogens is 430 g/mol. The summed E-state index contributed by atoms with van der Waals surface area (Å²) in [5.41, 5.74) is 5.39.